The van der Waals surface area contributed by atoms with Gasteiger partial charge in [0.2, 0.25) is 0 Å². The molecule has 0 saturated heterocycles. The second kappa shape index (κ2) is 6.30. The number of aromatic nitrogens is 2. The van der Waals surface area contributed by atoms with Crippen LogP contribution < -0.4 is 5.73 Å². The molecule has 2 heterocycles. The monoisotopic (exact) mass is 330 g/mol. The summed E-state index contributed by atoms with van der Waals surface area (Å²) < 4.78 is 2.18. The number of aliphatic imine (C=N–C) groups is 1. The Morgan fingerprint density at radius 2 is 1.76 bits per heavy atom. The molecule has 4 heteroatoms. The van der Waals surface area contributed by atoms with E-state index in [9.17, 15) is 0 Å². The Labute approximate surface area is 148 Å². The molecule has 2 aromatic carbocycles. The Morgan fingerprint density at radius 1 is 1.04 bits per heavy atom. The van der Waals surface area contributed by atoms with Crippen LogP contribution in [0.3, 0.4) is 0 Å². The van der Waals surface area contributed by atoms with E-state index in [4.69, 9.17) is 15.7 Å². The SMILES string of the molecule is CCCc1nc(C)n2c1C(N)N=C(c1ccccc1)c1ccccc1-2. The molecule has 3 aromatic rings. The van der Waals surface area contributed by atoms with Gasteiger partial charge in [-0.2, -0.15) is 0 Å². The predicted molar refractivity (Wildman–Crippen MR) is 101 cm³/mol. The minimum atomic E-state index is -0.426. The molecule has 0 amide bonds. The van der Waals surface area contributed by atoms with Crippen LogP contribution in [0.25, 0.3) is 5.69 Å². The van der Waals surface area contributed by atoms with Crippen LogP contribution in [0, 0.1) is 6.92 Å². The molecule has 1 unspecified atom stereocenters. The van der Waals surface area contributed by atoms with E-state index in [2.05, 4.69) is 41.8 Å². The van der Waals surface area contributed by atoms with Crippen LogP contribution in [0.5, 0.6) is 0 Å². The summed E-state index contributed by atoms with van der Waals surface area (Å²) in [5.74, 6) is 0.964. The molecule has 4 rings (SSSR count). The van der Waals surface area contributed by atoms with E-state index in [1.54, 1.807) is 0 Å². The fourth-order valence-corrected chi connectivity index (χ4v) is 3.60. The van der Waals surface area contributed by atoms with Gasteiger partial charge >= 0.3 is 0 Å². The molecule has 0 bridgehead atoms. The number of rotatable bonds is 3. The fraction of sp³-hybridized carbons (Fsp3) is 0.238. The molecule has 126 valence electrons. The number of fused-ring (bicyclic) bond motifs is 3. The number of para-hydroxylation sites is 1. The zero-order chi connectivity index (χ0) is 17.4. The number of benzene rings is 2. The largest absolute Gasteiger partial charge is 0.305 e. The lowest BCUT2D eigenvalue weighted by Crippen LogP contribution is -2.14. The lowest BCUT2D eigenvalue weighted by molar-refractivity contribution is 0.705. The third kappa shape index (κ3) is 2.59. The first-order valence-electron chi connectivity index (χ1n) is 8.77. The summed E-state index contributed by atoms with van der Waals surface area (Å²) in [6.07, 6.45) is 1.52. The molecule has 0 radical (unpaired) electrons. The van der Waals surface area contributed by atoms with Crippen molar-refractivity contribution in [3.05, 3.63) is 82.9 Å². The van der Waals surface area contributed by atoms with Gasteiger partial charge in [0.25, 0.3) is 0 Å². The second-order valence-corrected chi connectivity index (χ2v) is 6.38. The molecule has 0 spiro atoms. The first kappa shape index (κ1) is 15.8. The second-order valence-electron chi connectivity index (χ2n) is 6.38. The summed E-state index contributed by atoms with van der Waals surface area (Å²) in [4.78, 5) is 9.70. The van der Waals surface area contributed by atoms with Crippen LogP contribution in [0.2, 0.25) is 0 Å². The van der Waals surface area contributed by atoms with Crippen molar-refractivity contribution >= 4 is 5.71 Å². The van der Waals surface area contributed by atoms with Crippen molar-refractivity contribution in [1.82, 2.24) is 9.55 Å². The summed E-state index contributed by atoms with van der Waals surface area (Å²) in [6, 6.07) is 18.6. The Balaban J connectivity index is 2.01. The molecule has 2 N–H and O–H groups in total. The molecule has 0 fully saturated rings. The first-order chi connectivity index (χ1) is 12.2. The van der Waals surface area contributed by atoms with Crippen molar-refractivity contribution in [1.29, 1.82) is 0 Å². The normalized spacial score (nSPS) is 16.0. The van der Waals surface area contributed by atoms with E-state index in [-0.39, 0.29) is 0 Å². The summed E-state index contributed by atoms with van der Waals surface area (Å²) in [6.45, 7) is 4.20. The van der Waals surface area contributed by atoms with Crippen molar-refractivity contribution in [3.63, 3.8) is 0 Å². The number of nitrogens with two attached hydrogens (primary N) is 1. The van der Waals surface area contributed by atoms with Crippen molar-refractivity contribution in [2.24, 2.45) is 10.7 Å². The van der Waals surface area contributed by atoms with Gasteiger partial charge in [0.05, 0.1) is 22.8 Å². The molecular formula is C21H22N4. The third-order valence-electron chi connectivity index (χ3n) is 4.64. The van der Waals surface area contributed by atoms with Gasteiger partial charge in [0.15, 0.2) is 0 Å². The van der Waals surface area contributed by atoms with Gasteiger partial charge in [-0.15, -0.1) is 0 Å². The Kier molecular flexibility index (Phi) is 3.98. The quantitative estimate of drug-likeness (QED) is 0.791. The Bertz CT molecular complexity index is 938. The van der Waals surface area contributed by atoms with Gasteiger partial charge in [0, 0.05) is 11.1 Å². The molecule has 0 aliphatic carbocycles. The first-order valence-corrected chi connectivity index (χ1v) is 8.77. The smallest absolute Gasteiger partial charge is 0.141 e. The topological polar surface area (TPSA) is 56.2 Å². The fourth-order valence-electron chi connectivity index (χ4n) is 3.60. The molecule has 1 aliphatic heterocycles. The third-order valence-corrected chi connectivity index (χ3v) is 4.64. The number of hydrogen-bond acceptors (Lipinski definition) is 3. The van der Waals surface area contributed by atoms with Crippen molar-refractivity contribution < 1.29 is 0 Å². The van der Waals surface area contributed by atoms with Crippen molar-refractivity contribution in [2.45, 2.75) is 32.9 Å². The summed E-state index contributed by atoms with van der Waals surface area (Å²) >= 11 is 0. The molecule has 1 aliphatic rings. The van der Waals surface area contributed by atoms with Crippen LogP contribution in [0.4, 0.5) is 0 Å². The Hall–Kier alpha value is -2.72. The van der Waals surface area contributed by atoms with Gasteiger partial charge in [0.1, 0.15) is 12.0 Å². The highest BCUT2D eigenvalue weighted by Gasteiger charge is 2.27. The minimum absolute atomic E-state index is 0.426. The van der Waals surface area contributed by atoms with Gasteiger partial charge in [-0.1, -0.05) is 61.9 Å². The highest BCUT2D eigenvalue weighted by molar-refractivity contribution is 6.15. The molecule has 4 nitrogen and oxygen atoms in total. The molecule has 0 saturated carbocycles. The predicted octanol–water partition coefficient (Wildman–Crippen LogP) is 3.94. The van der Waals surface area contributed by atoms with Crippen LogP contribution in [-0.2, 0) is 6.42 Å². The molecule has 1 atom stereocenters. The highest BCUT2D eigenvalue weighted by Crippen LogP contribution is 2.32. The van der Waals surface area contributed by atoms with Gasteiger partial charge < -0.3 is 5.73 Å². The maximum Gasteiger partial charge on any atom is 0.141 e. The molecule has 1 aromatic heterocycles. The van der Waals surface area contributed by atoms with Gasteiger partial charge in [-0.25, -0.2) is 4.98 Å². The summed E-state index contributed by atoms with van der Waals surface area (Å²) in [5, 5.41) is 0. The highest BCUT2D eigenvalue weighted by atomic mass is 15.2. The average molecular weight is 330 g/mol. The zero-order valence-electron chi connectivity index (χ0n) is 14.6. The maximum absolute atomic E-state index is 6.55. The van der Waals surface area contributed by atoms with Gasteiger partial charge in [-0.3, -0.25) is 9.56 Å². The van der Waals surface area contributed by atoms with Crippen LogP contribution in [-0.4, -0.2) is 15.3 Å². The lowest BCUT2D eigenvalue weighted by Gasteiger charge is -2.13. The maximum atomic E-state index is 6.55. The zero-order valence-corrected chi connectivity index (χ0v) is 14.6. The van der Waals surface area contributed by atoms with Gasteiger partial charge in [-0.05, 0) is 19.4 Å². The molecular weight excluding hydrogens is 308 g/mol. The number of aryl methyl sites for hydroxylation is 2. The van der Waals surface area contributed by atoms with Crippen molar-refractivity contribution in [3.8, 4) is 5.69 Å². The lowest BCUT2D eigenvalue weighted by atomic mass is 10.0. The van der Waals surface area contributed by atoms with E-state index in [1.165, 1.54) is 0 Å². The minimum Gasteiger partial charge on any atom is -0.305 e. The van der Waals surface area contributed by atoms with E-state index in [1.807, 2.05) is 31.2 Å². The summed E-state index contributed by atoms with van der Waals surface area (Å²) in [7, 11) is 0. The molecule has 25 heavy (non-hydrogen) atoms. The summed E-state index contributed by atoms with van der Waals surface area (Å²) in [5.41, 5.74) is 12.8. The average Bonchev–Trinajstić information content (AvgIpc) is 2.89. The number of hydrogen-bond donors (Lipinski definition) is 1. The van der Waals surface area contributed by atoms with Crippen LogP contribution >= 0.6 is 0 Å². The Morgan fingerprint density at radius 3 is 2.52 bits per heavy atom. The van der Waals surface area contributed by atoms with E-state index >= 15 is 0 Å². The number of nitrogens with zero attached hydrogens (tertiary/aromatic N) is 3. The van der Waals surface area contributed by atoms with Crippen LogP contribution in [0.15, 0.2) is 59.6 Å². The standard InChI is InChI=1S/C21H22N4/c1-3-9-17-20-21(22)24-19(15-10-5-4-6-11-15)16-12-7-8-13-18(16)25(20)14(2)23-17/h4-8,10-13,21H,3,9,22H2,1-2H3. The van der Waals surface area contributed by atoms with E-state index in [0.29, 0.717) is 0 Å². The van der Waals surface area contributed by atoms with Crippen molar-refractivity contribution in [2.75, 3.05) is 0 Å². The van der Waals surface area contributed by atoms with E-state index in [0.717, 1.165) is 52.6 Å². The number of imidazole rings is 1. The van der Waals surface area contributed by atoms with E-state index < -0.39 is 6.17 Å². The van der Waals surface area contributed by atoms with Crippen LogP contribution in [0.1, 0.15) is 47.8 Å².